The van der Waals surface area contributed by atoms with E-state index in [0.29, 0.717) is 17.6 Å². The van der Waals surface area contributed by atoms with Gasteiger partial charge in [-0.15, -0.1) is 0 Å². The summed E-state index contributed by atoms with van der Waals surface area (Å²) < 4.78 is 0. The Bertz CT molecular complexity index is 1000. The van der Waals surface area contributed by atoms with Crippen molar-refractivity contribution in [3.05, 3.63) is 42.2 Å². The highest BCUT2D eigenvalue weighted by atomic mass is 16.2. The molecular formula is C27H40N6O. The first-order chi connectivity index (χ1) is 16.3. The molecule has 0 spiro atoms. The summed E-state index contributed by atoms with van der Waals surface area (Å²) in [5.41, 5.74) is 2.72. The van der Waals surface area contributed by atoms with Crippen LogP contribution in [0.25, 0.3) is 0 Å². The summed E-state index contributed by atoms with van der Waals surface area (Å²) in [5.74, 6) is 0.984. The first kappa shape index (κ1) is 24.5. The molecule has 3 N–H and O–H groups in total. The number of amides is 1. The maximum atomic E-state index is 13.1. The molecule has 2 aliphatic carbocycles. The van der Waals surface area contributed by atoms with Gasteiger partial charge in [0.25, 0.3) is 5.91 Å². The molecule has 0 saturated heterocycles. The van der Waals surface area contributed by atoms with E-state index in [-0.39, 0.29) is 22.8 Å². The second-order valence-corrected chi connectivity index (χ2v) is 10.6. The lowest BCUT2D eigenvalue weighted by Gasteiger charge is -2.39. The fourth-order valence-corrected chi connectivity index (χ4v) is 5.93. The van der Waals surface area contributed by atoms with E-state index in [2.05, 4.69) is 71.5 Å². The van der Waals surface area contributed by atoms with Crippen LogP contribution in [0.1, 0.15) is 64.4 Å². The maximum absolute atomic E-state index is 13.1. The molecule has 7 heteroatoms. The molecule has 0 aliphatic heterocycles. The van der Waals surface area contributed by atoms with Crippen LogP contribution in [-0.4, -0.2) is 53.0 Å². The van der Waals surface area contributed by atoms with Gasteiger partial charge in [0, 0.05) is 36.7 Å². The van der Waals surface area contributed by atoms with Gasteiger partial charge in [0.2, 0.25) is 5.95 Å². The Balaban J connectivity index is 1.37. The molecule has 34 heavy (non-hydrogen) atoms. The van der Waals surface area contributed by atoms with Gasteiger partial charge in [-0.1, -0.05) is 40.7 Å². The van der Waals surface area contributed by atoms with Gasteiger partial charge < -0.3 is 20.9 Å². The van der Waals surface area contributed by atoms with E-state index < -0.39 is 0 Å². The third-order valence-corrected chi connectivity index (χ3v) is 8.76. The Morgan fingerprint density at radius 2 is 1.91 bits per heavy atom. The molecule has 2 aromatic rings. The standard InChI is InChI=1S/C27H40N6O/c1-6-33(7-2)16-15-28-20-9-8-10-21(18-20)30-25-29-14-12-22(31-25)24(34)32-23-17-19-11-13-27(23,5)26(19,3)4/h8-10,12,14,18-19,23,28H,6-7,11,13,15-17H2,1-5H3,(H,32,34)(H,29,30,31). The number of hydrogen-bond acceptors (Lipinski definition) is 6. The number of nitrogens with one attached hydrogen (secondary N) is 3. The smallest absolute Gasteiger partial charge is 0.270 e. The van der Waals surface area contributed by atoms with Gasteiger partial charge in [-0.2, -0.15) is 0 Å². The van der Waals surface area contributed by atoms with Gasteiger partial charge in [0.05, 0.1) is 0 Å². The zero-order chi connectivity index (χ0) is 24.3. The third kappa shape index (κ3) is 4.76. The molecule has 2 aliphatic rings. The van der Waals surface area contributed by atoms with Crippen molar-refractivity contribution in [1.82, 2.24) is 20.2 Å². The lowest BCUT2D eigenvalue weighted by Crippen LogP contribution is -2.47. The third-order valence-electron chi connectivity index (χ3n) is 8.76. The summed E-state index contributed by atoms with van der Waals surface area (Å²) in [6.45, 7) is 15.4. The van der Waals surface area contributed by atoms with E-state index >= 15 is 0 Å². The Hall–Kier alpha value is -2.67. The molecule has 2 bridgehead atoms. The second kappa shape index (κ2) is 9.90. The number of carbonyl (C=O) groups excluding carboxylic acids is 1. The predicted molar refractivity (Wildman–Crippen MR) is 139 cm³/mol. The van der Waals surface area contributed by atoms with Crippen molar-refractivity contribution in [2.45, 2.75) is 59.9 Å². The molecule has 2 saturated carbocycles. The molecule has 3 atom stereocenters. The quantitative estimate of drug-likeness (QED) is 0.463. The Kier molecular flexibility index (Phi) is 7.12. The molecule has 184 valence electrons. The fourth-order valence-electron chi connectivity index (χ4n) is 5.93. The van der Waals surface area contributed by atoms with Crippen LogP contribution < -0.4 is 16.0 Å². The van der Waals surface area contributed by atoms with E-state index in [1.165, 1.54) is 12.8 Å². The lowest BCUT2D eigenvalue weighted by molar-refractivity contribution is 0.0821. The molecule has 3 unspecified atom stereocenters. The van der Waals surface area contributed by atoms with Crippen LogP contribution in [0.15, 0.2) is 36.5 Å². The Morgan fingerprint density at radius 1 is 1.15 bits per heavy atom. The summed E-state index contributed by atoms with van der Waals surface area (Å²) in [6, 6.07) is 9.94. The molecule has 1 aromatic carbocycles. The van der Waals surface area contributed by atoms with E-state index in [0.717, 1.165) is 44.0 Å². The average Bonchev–Trinajstić information content (AvgIpc) is 3.16. The molecule has 1 heterocycles. The van der Waals surface area contributed by atoms with E-state index in [1.807, 2.05) is 18.2 Å². The highest BCUT2D eigenvalue weighted by Gasteiger charge is 2.61. The summed E-state index contributed by atoms with van der Waals surface area (Å²) in [7, 11) is 0. The molecular weight excluding hydrogens is 424 g/mol. The number of anilines is 3. The van der Waals surface area contributed by atoms with Crippen LogP contribution >= 0.6 is 0 Å². The zero-order valence-electron chi connectivity index (χ0n) is 21.3. The minimum absolute atomic E-state index is 0.119. The van der Waals surface area contributed by atoms with Gasteiger partial charge in [-0.05, 0) is 73.4 Å². The number of nitrogens with zero attached hydrogens (tertiary/aromatic N) is 3. The normalized spacial score (nSPS) is 24.9. The van der Waals surface area contributed by atoms with E-state index in [4.69, 9.17) is 0 Å². The minimum atomic E-state index is -0.119. The van der Waals surface area contributed by atoms with E-state index in [9.17, 15) is 4.79 Å². The predicted octanol–water partition coefficient (Wildman–Crippen LogP) is 4.92. The number of carbonyl (C=O) groups is 1. The van der Waals surface area contributed by atoms with Gasteiger partial charge in [0.15, 0.2) is 0 Å². The monoisotopic (exact) mass is 464 g/mol. The summed E-state index contributed by atoms with van der Waals surface area (Å²) >= 11 is 0. The van der Waals surface area contributed by atoms with Gasteiger partial charge in [0.1, 0.15) is 5.69 Å². The number of likely N-dealkylation sites (N-methyl/N-ethyl adjacent to an activating group) is 1. The van der Waals surface area contributed by atoms with Crippen LogP contribution in [0.2, 0.25) is 0 Å². The molecule has 7 nitrogen and oxygen atoms in total. The van der Waals surface area contributed by atoms with Crippen molar-refractivity contribution in [3.8, 4) is 0 Å². The van der Waals surface area contributed by atoms with Crippen LogP contribution in [0, 0.1) is 16.7 Å². The number of aromatic nitrogens is 2. The van der Waals surface area contributed by atoms with Crippen LogP contribution in [0.3, 0.4) is 0 Å². The summed E-state index contributed by atoms with van der Waals surface area (Å²) in [5, 5.41) is 10.0. The molecule has 4 rings (SSSR count). The molecule has 2 fully saturated rings. The van der Waals surface area contributed by atoms with Crippen LogP contribution in [-0.2, 0) is 0 Å². The minimum Gasteiger partial charge on any atom is -0.384 e. The first-order valence-electron chi connectivity index (χ1n) is 12.7. The SMILES string of the molecule is CCN(CC)CCNc1cccc(Nc2nccc(C(=O)NC3CC4CCC3(C)C4(C)C)n2)c1. The number of benzene rings is 1. The largest absolute Gasteiger partial charge is 0.384 e. The van der Waals surface area contributed by atoms with Crippen molar-refractivity contribution in [2.24, 2.45) is 16.7 Å². The second-order valence-electron chi connectivity index (χ2n) is 10.6. The summed E-state index contributed by atoms with van der Waals surface area (Å²) in [6.07, 6.45) is 5.13. The molecule has 0 radical (unpaired) electrons. The van der Waals surface area contributed by atoms with Crippen LogP contribution in [0.5, 0.6) is 0 Å². The van der Waals surface area contributed by atoms with Crippen molar-refractivity contribution in [2.75, 3.05) is 36.8 Å². The van der Waals surface area contributed by atoms with Gasteiger partial charge >= 0.3 is 0 Å². The number of rotatable bonds is 10. The van der Waals surface area contributed by atoms with Crippen LogP contribution in [0.4, 0.5) is 17.3 Å². The fraction of sp³-hybridized carbons (Fsp3) is 0.593. The Labute approximate surface area is 204 Å². The number of fused-ring (bicyclic) bond motifs is 2. The van der Waals surface area contributed by atoms with Crippen molar-refractivity contribution >= 4 is 23.2 Å². The van der Waals surface area contributed by atoms with Crippen molar-refractivity contribution in [1.29, 1.82) is 0 Å². The topological polar surface area (TPSA) is 82.2 Å². The van der Waals surface area contributed by atoms with Gasteiger partial charge in [-0.25, -0.2) is 9.97 Å². The van der Waals surface area contributed by atoms with Gasteiger partial charge in [-0.3, -0.25) is 4.79 Å². The van der Waals surface area contributed by atoms with Crippen molar-refractivity contribution in [3.63, 3.8) is 0 Å². The maximum Gasteiger partial charge on any atom is 0.270 e. The Morgan fingerprint density at radius 3 is 2.59 bits per heavy atom. The highest BCUT2D eigenvalue weighted by molar-refractivity contribution is 5.92. The average molecular weight is 465 g/mol. The lowest BCUT2D eigenvalue weighted by atomic mass is 9.69. The summed E-state index contributed by atoms with van der Waals surface area (Å²) in [4.78, 5) is 24.3. The number of hydrogen-bond donors (Lipinski definition) is 3. The van der Waals surface area contributed by atoms with E-state index in [1.54, 1.807) is 12.3 Å². The molecule has 1 aromatic heterocycles. The van der Waals surface area contributed by atoms with Crippen molar-refractivity contribution < 1.29 is 4.79 Å². The zero-order valence-corrected chi connectivity index (χ0v) is 21.3. The highest BCUT2D eigenvalue weighted by Crippen LogP contribution is 2.65. The molecule has 1 amide bonds. The first-order valence-corrected chi connectivity index (χ1v) is 12.7.